The van der Waals surface area contributed by atoms with E-state index >= 15 is 0 Å². The molecule has 2 rings (SSSR count). The van der Waals surface area contributed by atoms with E-state index in [2.05, 4.69) is 20.9 Å². The minimum atomic E-state index is 0.150. The summed E-state index contributed by atoms with van der Waals surface area (Å²) in [6, 6.07) is 8.03. The molecule has 0 aliphatic carbocycles. The first kappa shape index (κ1) is 11.4. The van der Waals surface area contributed by atoms with E-state index < -0.39 is 0 Å². The Hall–Kier alpha value is -1.13. The van der Waals surface area contributed by atoms with Crippen LogP contribution in [0.15, 0.2) is 34.9 Å². The van der Waals surface area contributed by atoms with Crippen LogP contribution in [0, 0.1) is 0 Å². The van der Waals surface area contributed by atoms with Gasteiger partial charge in [0.05, 0.1) is 0 Å². The molecule has 3 nitrogen and oxygen atoms in total. The first-order valence-electron chi connectivity index (χ1n) is 5.10. The molecule has 0 unspecified atom stereocenters. The molecule has 2 aromatic rings. The van der Waals surface area contributed by atoms with E-state index in [0.29, 0.717) is 6.42 Å². The quantitative estimate of drug-likeness (QED) is 0.938. The molecule has 0 radical (unpaired) electrons. The van der Waals surface area contributed by atoms with E-state index in [-0.39, 0.29) is 6.61 Å². The Morgan fingerprint density at radius 3 is 2.94 bits per heavy atom. The first-order chi connectivity index (χ1) is 7.72. The lowest BCUT2D eigenvalue weighted by Gasteiger charge is -2.05. The van der Waals surface area contributed by atoms with Gasteiger partial charge in [0.25, 0.3) is 0 Å². The number of aromatic nitrogens is 2. The number of halogens is 1. The van der Waals surface area contributed by atoms with Gasteiger partial charge in [-0.3, -0.25) is 0 Å². The zero-order valence-corrected chi connectivity index (χ0v) is 10.6. The summed E-state index contributed by atoms with van der Waals surface area (Å²) >= 11 is 3.44. The van der Waals surface area contributed by atoms with E-state index in [9.17, 15) is 0 Å². The van der Waals surface area contributed by atoms with Gasteiger partial charge in [0, 0.05) is 42.0 Å². The molecule has 0 bridgehead atoms. The van der Waals surface area contributed by atoms with Crippen molar-refractivity contribution in [2.24, 2.45) is 7.05 Å². The van der Waals surface area contributed by atoms with Crippen molar-refractivity contribution in [1.82, 2.24) is 9.55 Å². The molecular formula is C12H13BrN2O. The fourth-order valence-electron chi connectivity index (χ4n) is 1.69. The highest BCUT2D eigenvalue weighted by Gasteiger charge is 2.08. The second-order valence-corrected chi connectivity index (χ2v) is 4.53. The van der Waals surface area contributed by atoms with Gasteiger partial charge in [0.15, 0.2) is 0 Å². The second kappa shape index (κ2) is 4.80. The van der Waals surface area contributed by atoms with Crippen molar-refractivity contribution in [3.8, 4) is 11.4 Å². The molecular weight excluding hydrogens is 268 g/mol. The summed E-state index contributed by atoms with van der Waals surface area (Å²) in [6.07, 6.45) is 2.45. The van der Waals surface area contributed by atoms with E-state index in [1.165, 1.54) is 0 Å². The van der Waals surface area contributed by atoms with Crippen molar-refractivity contribution in [3.63, 3.8) is 0 Å². The Labute approximate surface area is 103 Å². The molecule has 1 aromatic carbocycles. The van der Waals surface area contributed by atoms with E-state index in [4.69, 9.17) is 5.11 Å². The molecule has 84 valence electrons. The third kappa shape index (κ3) is 2.18. The van der Waals surface area contributed by atoms with Crippen LogP contribution >= 0.6 is 15.9 Å². The highest BCUT2D eigenvalue weighted by atomic mass is 79.9. The number of rotatable bonds is 3. The molecule has 0 fully saturated rings. The molecule has 0 amide bonds. The van der Waals surface area contributed by atoms with Crippen LogP contribution in [0.5, 0.6) is 0 Å². The molecule has 0 aliphatic heterocycles. The summed E-state index contributed by atoms with van der Waals surface area (Å²) in [5.41, 5.74) is 2.11. The molecule has 0 saturated carbocycles. The number of hydrogen-bond acceptors (Lipinski definition) is 2. The molecule has 0 spiro atoms. The van der Waals surface area contributed by atoms with Crippen molar-refractivity contribution in [3.05, 3.63) is 40.6 Å². The van der Waals surface area contributed by atoms with Crippen molar-refractivity contribution in [1.29, 1.82) is 0 Å². The van der Waals surface area contributed by atoms with Gasteiger partial charge in [-0.05, 0) is 12.1 Å². The Bertz CT molecular complexity index is 494. The summed E-state index contributed by atoms with van der Waals surface area (Å²) in [4.78, 5) is 4.38. The fraction of sp³-hybridized carbons (Fsp3) is 0.250. The Morgan fingerprint density at radius 1 is 1.44 bits per heavy atom. The van der Waals surface area contributed by atoms with Crippen LogP contribution in [0.4, 0.5) is 0 Å². The van der Waals surface area contributed by atoms with Gasteiger partial charge in [-0.1, -0.05) is 28.1 Å². The van der Waals surface area contributed by atoms with Crippen LogP contribution in [-0.4, -0.2) is 21.3 Å². The second-order valence-electron chi connectivity index (χ2n) is 3.62. The van der Waals surface area contributed by atoms with Crippen molar-refractivity contribution < 1.29 is 5.11 Å². The summed E-state index contributed by atoms with van der Waals surface area (Å²) < 4.78 is 3.05. The predicted molar refractivity (Wildman–Crippen MR) is 67.1 cm³/mol. The average molecular weight is 281 g/mol. The number of hydrogen-bond donors (Lipinski definition) is 1. The third-order valence-corrected chi connectivity index (χ3v) is 3.03. The van der Waals surface area contributed by atoms with Gasteiger partial charge >= 0.3 is 0 Å². The van der Waals surface area contributed by atoms with Crippen LogP contribution in [0.3, 0.4) is 0 Å². The molecule has 1 heterocycles. The Balaban J connectivity index is 2.41. The van der Waals surface area contributed by atoms with Crippen LogP contribution in [0.2, 0.25) is 0 Å². The van der Waals surface area contributed by atoms with Crippen LogP contribution < -0.4 is 0 Å². The van der Waals surface area contributed by atoms with E-state index in [1.54, 1.807) is 0 Å². The van der Waals surface area contributed by atoms with Crippen LogP contribution in [0.1, 0.15) is 5.69 Å². The molecule has 1 N–H and O–H groups in total. The summed E-state index contributed by atoms with van der Waals surface area (Å²) in [6.45, 7) is 0.150. The van der Waals surface area contributed by atoms with Gasteiger partial charge in [-0.2, -0.15) is 0 Å². The average Bonchev–Trinajstić information content (AvgIpc) is 2.61. The van der Waals surface area contributed by atoms with Gasteiger partial charge in [-0.15, -0.1) is 0 Å². The third-order valence-electron chi connectivity index (χ3n) is 2.54. The first-order valence-corrected chi connectivity index (χ1v) is 5.89. The van der Waals surface area contributed by atoms with Crippen LogP contribution in [0.25, 0.3) is 11.4 Å². The predicted octanol–water partition coefficient (Wildman–Crippen LogP) is 2.38. The lowest BCUT2D eigenvalue weighted by atomic mass is 10.2. The van der Waals surface area contributed by atoms with Gasteiger partial charge in [-0.25, -0.2) is 4.98 Å². The molecule has 0 saturated heterocycles. The maximum atomic E-state index is 8.92. The Morgan fingerprint density at radius 2 is 2.25 bits per heavy atom. The maximum Gasteiger partial charge on any atom is 0.139 e. The summed E-state index contributed by atoms with van der Waals surface area (Å²) in [5, 5.41) is 8.92. The van der Waals surface area contributed by atoms with Crippen molar-refractivity contribution >= 4 is 15.9 Å². The SMILES string of the molecule is Cn1c(CCO)cnc1-c1cccc(Br)c1. The fourth-order valence-corrected chi connectivity index (χ4v) is 2.09. The summed E-state index contributed by atoms with van der Waals surface area (Å²) in [5.74, 6) is 0.921. The van der Waals surface area contributed by atoms with Gasteiger partial charge in [0.1, 0.15) is 5.82 Å². The topological polar surface area (TPSA) is 38.0 Å². The number of aliphatic hydroxyl groups excluding tert-OH is 1. The van der Waals surface area contributed by atoms with E-state index in [0.717, 1.165) is 21.6 Å². The highest BCUT2D eigenvalue weighted by molar-refractivity contribution is 9.10. The van der Waals surface area contributed by atoms with Crippen molar-refractivity contribution in [2.75, 3.05) is 6.61 Å². The van der Waals surface area contributed by atoms with Gasteiger partial charge in [0.2, 0.25) is 0 Å². The molecule has 4 heteroatoms. The largest absolute Gasteiger partial charge is 0.396 e. The molecule has 0 atom stereocenters. The van der Waals surface area contributed by atoms with Crippen LogP contribution in [-0.2, 0) is 13.5 Å². The number of benzene rings is 1. The Kier molecular flexibility index (Phi) is 3.41. The highest BCUT2D eigenvalue weighted by Crippen LogP contribution is 2.22. The number of aliphatic hydroxyl groups is 1. The van der Waals surface area contributed by atoms with E-state index in [1.807, 2.05) is 42.1 Å². The minimum absolute atomic E-state index is 0.150. The lowest BCUT2D eigenvalue weighted by molar-refractivity contribution is 0.297. The zero-order chi connectivity index (χ0) is 11.5. The normalized spacial score (nSPS) is 10.7. The smallest absolute Gasteiger partial charge is 0.139 e. The number of imidazole rings is 1. The number of nitrogens with zero attached hydrogens (tertiary/aromatic N) is 2. The maximum absolute atomic E-state index is 8.92. The molecule has 1 aromatic heterocycles. The molecule has 16 heavy (non-hydrogen) atoms. The summed E-state index contributed by atoms with van der Waals surface area (Å²) in [7, 11) is 1.97. The minimum Gasteiger partial charge on any atom is -0.396 e. The zero-order valence-electron chi connectivity index (χ0n) is 9.02. The lowest BCUT2D eigenvalue weighted by Crippen LogP contribution is -2.00. The standard InChI is InChI=1S/C12H13BrN2O/c1-15-11(5-6-16)8-14-12(15)9-3-2-4-10(13)7-9/h2-4,7-8,16H,5-6H2,1H3. The monoisotopic (exact) mass is 280 g/mol. The van der Waals surface area contributed by atoms with Crippen molar-refractivity contribution in [2.45, 2.75) is 6.42 Å². The van der Waals surface area contributed by atoms with Gasteiger partial charge < -0.3 is 9.67 Å². The molecule has 0 aliphatic rings.